The third kappa shape index (κ3) is 4.75. The molecule has 8 nitrogen and oxygen atoms in total. The minimum absolute atomic E-state index is 0.177. The van der Waals surface area contributed by atoms with E-state index < -0.39 is 0 Å². The van der Waals surface area contributed by atoms with Gasteiger partial charge >= 0.3 is 0 Å². The van der Waals surface area contributed by atoms with Crippen LogP contribution in [0.15, 0.2) is 60.6 Å². The van der Waals surface area contributed by atoms with Crippen LogP contribution in [0.3, 0.4) is 0 Å². The second-order valence-electron chi connectivity index (χ2n) is 8.36. The fourth-order valence-corrected chi connectivity index (χ4v) is 4.42. The van der Waals surface area contributed by atoms with Crippen molar-refractivity contribution in [1.82, 2.24) is 19.7 Å². The molecule has 3 aromatic rings. The molecule has 8 heteroatoms. The van der Waals surface area contributed by atoms with Gasteiger partial charge in [0.25, 0.3) is 5.91 Å². The normalized spacial score (nSPS) is 16.5. The van der Waals surface area contributed by atoms with Gasteiger partial charge in [-0.05, 0) is 54.8 Å². The number of piperidine rings is 1. The zero-order valence-electron chi connectivity index (χ0n) is 18.6. The Kier molecular flexibility index (Phi) is 6.08. The van der Waals surface area contributed by atoms with Gasteiger partial charge in [-0.15, -0.1) is 0 Å². The molecule has 1 aromatic carbocycles. The van der Waals surface area contributed by atoms with Crippen LogP contribution < -0.4 is 14.8 Å². The maximum absolute atomic E-state index is 12.5. The number of fused-ring (bicyclic) bond motifs is 1. The zero-order valence-corrected chi connectivity index (χ0v) is 18.6. The number of carbonyl (C=O) groups excluding carboxylic acids is 1. The summed E-state index contributed by atoms with van der Waals surface area (Å²) < 4.78 is 13.2. The molecule has 0 aliphatic carbocycles. The maximum Gasteiger partial charge on any atom is 0.258 e. The highest BCUT2D eigenvalue weighted by Crippen LogP contribution is 2.31. The molecule has 0 unspecified atom stereocenters. The minimum Gasteiger partial charge on any atom is -0.497 e. The molecule has 0 bridgehead atoms. The molecule has 170 valence electrons. The van der Waals surface area contributed by atoms with Gasteiger partial charge in [0.15, 0.2) is 0 Å². The second-order valence-corrected chi connectivity index (χ2v) is 8.36. The highest BCUT2D eigenvalue weighted by molar-refractivity contribution is 6.03. The molecule has 1 N–H and O–H groups in total. The molecule has 0 radical (unpaired) electrons. The van der Waals surface area contributed by atoms with Crippen LogP contribution in [-0.4, -0.2) is 58.9 Å². The molecule has 0 spiro atoms. The van der Waals surface area contributed by atoms with Gasteiger partial charge in [-0.1, -0.05) is 0 Å². The number of likely N-dealkylation sites (tertiary alicyclic amines) is 1. The molecule has 1 fully saturated rings. The maximum atomic E-state index is 12.5. The van der Waals surface area contributed by atoms with E-state index in [0.29, 0.717) is 12.2 Å². The van der Waals surface area contributed by atoms with Crippen molar-refractivity contribution in [3.8, 4) is 11.5 Å². The van der Waals surface area contributed by atoms with Crippen molar-refractivity contribution >= 4 is 17.8 Å². The van der Waals surface area contributed by atoms with Gasteiger partial charge in [0, 0.05) is 43.7 Å². The molecular weight excluding hydrogens is 418 g/mol. The summed E-state index contributed by atoms with van der Waals surface area (Å²) in [5.41, 5.74) is 2.86. The number of hydrogen-bond acceptors (Lipinski definition) is 6. The van der Waals surface area contributed by atoms with Crippen molar-refractivity contribution in [1.29, 1.82) is 0 Å². The molecule has 0 saturated carbocycles. The first kappa shape index (κ1) is 21.2. The van der Waals surface area contributed by atoms with E-state index in [0.717, 1.165) is 55.4 Å². The van der Waals surface area contributed by atoms with Crippen molar-refractivity contribution in [3.63, 3.8) is 0 Å². The summed E-state index contributed by atoms with van der Waals surface area (Å²) in [4.78, 5) is 19.0. The van der Waals surface area contributed by atoms with Gasteiger partial charge in [-0.25, -0.2) is 4.68 Å². The first-order valence-electron chi connectivity index (χ1n) is 11.2. The van der Waals surface area contributed by atoms with E-state index in [2.05, 4.69) is 26.4 Å². The summed E-state index contributed by atoms with van der Waals surface area (Å²) >= 11 is 0. The molecular formula is C25H27N5O3. The van der Waals surface area contributed by atoms with E-state index in [9.17, 15) is 4.79 Å². The topological polar surface area (TPSA) is 81.5 Å². The number of ether oxygens (including phenoxy) is 2. The molecule has 1 saturated heterocycles. The number of pyridine rings is 1. The molecule has 1 amide bonds. The lowest BCUT2D eigenvalue weighted by Gasteiger charge is -2.33. The summed E-state index contributed by atoms with van der Waals surface area (Å²) in [6.07, 6.45) is 9.10. The van der Waals surface area contributed by atoms with E-state index in [-0.39, 0.29) is 11.9 Å². The fourth-order valence-electron chi connectivity index (χ4n) is 4.42. The standard InChI is InChI=1S/C25H27N5O3/c1-32-22-4-5-23-20(14-22)13-18(17-33-23)16-29-11-7-21(8-12-29)30-24(6-10-27-30)28-25(31)19-3-2-9-26-15-19/h2-6,9-10,13-15,21H,7-8,11-12,16-17H2,1H3,(H,28,31). The zero-order chi connectivity index (χ0) is 22.6. The molecule has 2 aliphatic heterocycles. The number of hydrogen-bond donors (Lipinski definition) is 1. The monoisotopic (exact) mass is 445 g/mol. The molecule has 2 aliphatic rings. The van der Waals surface area contributed by atoms with Crippen LogP contribution in [0.25, 0.3) is 6.08 Å². The molecule has 2 aromatic heterocycles. The molecule has 4 heterocycles. The lowest BCUT2D eigenvalue weighted by molar-refractivity contribution is 0.102. The highest BCUT2D eigenvalue weighted by Gasteiger charge is 2.24. The molecule has 33 heavy (non-hydrogen) atoms. The number of aromatic nitrogens is 3. The van der Waals surface area contributed by atoms with Gasteiger partial charge in [0.05, 0.1) is 24.9 Å². The smallest absolute Gasteiger partial charge is 0.258 e. The molecule has 0 atom stereocenters. The Hall–Kier alpha value is -3.65. The van der Waals surface area contributed by atoms with Crippen molar-refractivity contribution in [2.45, 2.75) is 18.9 Å². The predicted octanol–water partition coefficient (Wildman–Crippen LogP) is 3.65. The molecule has 5 rings (SSSR count). The first-order chi connectivity index (χ1) is 16.2. The Morgan fingerprint density at radius 2 is 2.09 bits per heavy atom. The van der Waals surface area contributed by atoms with E-state index in [1.54, 1.807) is 37.8 Å². The van der Waals surface area contributed by atoms with E-state index in [1.165, 1.54) is 5.57 Å². The van der Waals surface area contributed by atoms with E-state index in [4.69, 9.17) is 9.47 Å². The van der Waals surface area contributed by atoms with Gasteiger partial charge in [-0.3, -0.25) is 14.7 Å². The fraction of sp³-hybridized carbons (Fsp3) is 0.320. The van der Waals surface area contributed by atoms with Crippen LogP contribution in [0, 0.1) is 0 Å². The van der Waals surface area contributed by atoms with Crippen LogP contribution in [0.5, 0.6) is 11.5 Å². The number of nitrogens with one attached hydrogen (secondary N) is 1. The third-order valence-corrected chi connectivity index (χ3v) is 6.15. The van der Waals surface area contributed by atoms with Crippen LogP contribution in [-0.2, 0) is 0 Å². The second kappa shape index (κ2) is 9.46. The number of benzene rings is 1. The Labute approximate surface area is 192 Å². The minimum atomic E-state index is -0.177. The number of amides is 1. The number of nitrogens with zero attached hydrogens (tertiary/aromatic N) is 4. The van der Waals surface area contributed by atoms with Gasteiger partial charge < -0.3 is 14.8 Å². The number of anilines is 1. The van der Waals surface area contributed by atoms with E-state index in [1.807, 2.05) is 28.9 Å². The summed E-state index contributed by atoms with van der Waals surface area (Å²) in [7, 11) is 1.68. The van der Waals surface area contributed by atoms with Crippen LogP contribution in [0.1, 0.15) is 34.8 Å². The van der Waals surface area contributed by atoms with Crippen molar-refractivity contribution in [2.75, 3.05) is 38.7 Å². The average molecular weight is 446 g/mol. The lowest BCUT2D eigenvalue weighted by Crippen LogP contribution is -2.37. The number of rotatable bonds is 6. The summed E-state index contributed by atoms with van der Waals surface area (Å²) in [5, 5.41) is 7.47. The third-order valence-electron chi connectivity index (χ3n) is 6.15. The Bertz CT molecular complexity index is 1150. The quantitative estimate of drug-likeness (QED) is 0.624. The first-order valence-corrected chi connectivity index (χ1v) is 11.2. The van der Waals surface area contributed by atoms with Gasteiger partial charge in [0.1, 0.15) is 23.9 Å². The van der Waals surface area contributed by atoms with Gasteiger partial charge in [0.2, 0.25) is 0 Å². The van der Waals surface area contributed by atoms with Crippen LogP contribution >= 0.6 is 0 Å². The Morgan fingerprint density at radius 1 is 1.21 bits per heavy atom. The highest BCUT2D eigenvalue weighted by atomic mass is 16.5. The van der Waals surface area contributed by atoms with Crippen molar-refractivity contribution in [2.24, 2.45) is 0 Å². The van der Waals surface area contributed by atoms with E-state index >= 15 is 0 Å². The van der Waals surface area contributed by atoms with Crippen LogP contribution in [0.2, 0.25) is 0 Å². The number of carbonyl (C=O) groups is 1. The summed E-state index contributed by atoms with van der Waals surface area (Å²) in [6, 6.07) is 11.5. The average Bonchev–Trinajstić information content (AvgIpc) is 3.32. The predicted molar refractivity (Wildman–Crippen MR) is 126 cm³/mol. The van der Waals surface area contributed by atoms with Crippen molar-refractivity contribution < 1.29 is 14.3 Å². The Morgan fingerprint density at radius 3 is 2.88 bits per heavy atom. The summed E-state index contributed by atoms with van der Waals surface area (Å²) in [6.45, 7) is 3.42. The lowest BCUT2D eigenvalue weighted by atomic mass is 10.0. The van der Waals surface area contributed by atoms with Gasteiger partial charge in [-0.2, -0.15) is 5.10 Å². The number of methoxy groups -OCH3 is 1. The van der Waals surface area contributed by atoms with Crippen LogP contribution in [0.4, 0.5) is 5.82 Å². The largest absolute Gasteiger partial charge is 0.497 e. The summed E-state index contributed by atoms with van der Waals surface area (Å²) in [5.74, 6) is 2.28. The van der Waals surface area contributed by atoms with Crippen molar-refractivity contribution in [3.05, 3.63) is 71.7 Å². The Balaban J connectivity index is 1.19. The SMILES string of the molecule is COc1ccc2c(c1)C=C(CN1CCC(n3nccc3NC(=O)c3cccnc3)CC1)CO2.